The van der Waals surface area contributed by atoms with E-state index < -0.39 is 0 Å². The van der Waals surface area contributed by atoms with Crippen LogP contribution in [0.1, 0.15) is 16.8 Å². The summed E-state index contributed by atoms with van der Waals surface area (Å²) in [7, 11) is 0. The van der Waals surface area contributed by atoms with Gasteiger partial charge < -0.3 is 15.2 Å². The second-order valence-electron chi connectivity index (χ2n) is 6.41. The Bertz CT molecular complexity index is 890. The highest BCUT2D eigenvalue weighted by Gasteiger charge is 2.23. The normalized spacial score (nSPS) is 17.2. The zero-order valence-electron chi connectivity index (χ0n) is 13.7. The minimum atomic E-state index is -0.0670. The molecule has 6 heteroatoms. The average molecular weight is 355 g/mol. The van der Waals surface area contributed by atoms with Crippen molar-refractivity contribution in [2.45, 2.75) is 6.42 Å². The van der Waals surface area contributed by atoms with Gasteiger partial charge in [-0.1, -0.05) is 11.6 Å². The molecule has 0 saturated carbocycles. The van der Waals surface area contributed by atoms with Crippen LogP contribution in [0.25, 0.3) is 10.9 Å². The van der Waals surface area contributed by atoms with Crippen LogP contribution in [0.5, 0.6) is 0 Å². The molecule has 1 aliphatic heterocycles. The number of nitrogens with zero attached hydrogens (tertiary/aromatic N) is 2. The second kappa shape index (κ2) is 6.76. The predicted molar refractivity (Wildman–Crippen MR) is 100 cm³/mol. The van der Waals surface area contributed by atoms with Gasteiger partial charge in [-0.25, -0.2) is 0 Å². The van der Waals surface area contributed by atoms with Crippen LogP contribution >= 0.6 is 11.6 Å². The fourth-order valence-electron chi connectivity index (χ4n) is 3.38. The van der Waals surface area contributed by atoms with Crippen LogP contribution in [0.4, 0.5) is 5.69 Å². The predicted octanol–water partition coefficient (Wildman–Crippen LogP) is 3.47. The maximum absolute atomic E-state index is 12.5. The molecule has 1 aromatic carbocycles. The number of aromatic amines is 1. The van der Waals surface area contributed by atoms with Crippen molar-refractivity contribution in [2.24, 2.45) is 5.92 Å². The van der Waals surface area contributed by atoms with Gasteiger partial charge in [0.25, 0.3) is 5.91 Å². The van der Waals surface area contributed by atoms with Crippen molar-refractivity contribution in [1.29, 1.82) is 0 Å². The molecular weight excluding hydrogens is 336 g/mol. The van der Waals surface area contributed by atoms with Gasteiger partial charge >= 0.3 is 0 Å². The summed E-state index contributed by atoms with van der Waals surface area (Å²) in [4.78, 5) is 22.1. The number of hydrogen-bond donors (Lipinski definition) is 2. The molecule has 3 aromatic rings. The molecule has 0 spiro atoms. The standard InChI is InChI=1S/C19H19ClN4O/c20-14-1-3-15(4-2-14)24-8-6-13(12-24)9-23-19(25)17-10-21-11-18-16(17)5-7-22-18/h1-5,7,10-11,13,22H,6,8-9,12H2,(H,23,25). The lowest BCUT2D eigenvalue weighted by Gasteiger charge is -2.19. The monoisotopic (exact) mass is 354 g/mol. The fraction of sp³-hybridized carbons (Fsp3) is 0.263. The van der Waals surface area contributed by atoms with Gasteiger partial charge in [-0.05, 0) is 42.7 Å². The topological polar surface area (TPSA) is 61.0 Å². The van der Waals surface area contributed by atoms with Crippen molar-refractivity contribution in [3.63, 3.8) is 0 Å². The second-order valence-corrected chi connectivity index (χ2v) is 6.85. The quantitative estimate of drug-likeness (QED) is 0.754. The Labute approximate surface area is 151 Å². The third-order valence-corrected chi connectivity index (χ3v) is 5.00. The number of nitrogens with one attached hydrogen (secondary N) is 2. The lowest BCUT2D eigenvalue weighted by molar-refractivity contribution is 0.0949. The molecule has 5 nitrogen and oxygen atoms in total. The zero-order chi connectivity index (χ0) is 17.2. The molecule has 1 saturated heterocycles. The van der Waals surface area contributed by atoms with E-state index in [0.29, 0.717) is 18.0 Å². The maximum Gasteiger partial charge on any atom is 0.253 e. The number of pyridine rings is 1. The number of hydrogen-bond acceptors (Lipinski definition) is 3. The highest BCUT2D eigenvalue weighted by Crippen LogP contribution is 2.25. The van der Waals surface area contributed by atoms with Crippen LogP contribution in [-0.4, -0.2) is 35.5 Å². The number of halogens is 1. The largest absolute Gasteiger partial charge is 0.371 e. The smallest absolute Gasteiger partial charge is 0.253 e. The van der Waals surface area contributed by atoms with Gasteiger partial charge in [-0.15, -0.1) is 0 Å². The van der Waals surface area contributed by atoms with Crippen LogP contribution < -0.4 is 10.2 Å². The first kappa shape index (κ1) is 16.0. The molecule has 0 radical (unpaired) electrons. The molecule has 4 rings (SSSR count). The molecule has 1 fully saturated rings. The van der Waals surface area contributed by atoms with Crippen molar-refractivity contribution in [3.05, 3.63) is 59.5 Å². The molecule has 1 unspecified atom stereocenters. The van der Waals surface area contributed by atoms with Crippen molar-refractivity contribution >= 4 is 34.1 Å². The molecule has 1 aliphatic rings. The summed E-state index contributed by atoms with van der Waals surface area (Å²) >= 11 is 5.95. The minimum Gasteiger partial charge on any atom is -0.371 e. The van der Waals surface area contributed by atoms with Gasteiger partial charge in [0.1, 0.15) is 0 Å². The van der Waals surface area contributed by atoms with E-state index in [2.05, 4.69) is 20.2 Å². The molecule has 2 N–H and O–H groups in total. The number of carbonyl (C=O) groups excluding carboxylic acids is 1. The Kier molecular flexibility index (Phi) is 4.32. The first-order valence-corrected chi connectivity index (χ1v) is 8.78. The molecule has 128 valence electrons. The Balaban J connectivity index is 1.37. The Morgan fingerprint density at radius 3 is 2.96 bits per heavy atom. The minimum absolute atomic E-state index is 0.0670. The van der Waals surface area contributed by atoms with Gasteiger partial charge in [0.2, 0.25) is 0 Å². The number of aromatic nitrogens is 2. The maximum atomic E-state index is 12.5. The SMILES string of the molecule is O=C(NCC1CCN(c2ccc(Cl)cc2)C1)c1cncc2[nH]ccc12. The molecule has 0 aliphatic carbocycles. The zero-order valence-corrected chi connectivity index (χ0v) is 14.5. The number of H-pyrrole nitrogens is 1. The summed E-state index contributed by atoms with van der Waals surface area (Å²) in [5, 5.41) is 4.72. The molecule has 25 heavy (non-hydrogen) atoms. The van der Waals surface area contributed by atoms with E-state index in [-0.39, 0.29) is 5.91 Å². The van der Waals surface area contributed by atoms with E-state index in [9.17, 15) is 4.79 Å². The van der Waals surface area contributed by atoms with E-state index in [1.807, 2.05) is 36.5 Å². The number of benzene rings is 1. The summed E-state index contributed by atoms with van der Waals surface area (Å²) in [5.74, 6) is 0.376. The molecule has 2 aromatic heterocycles. The third-order valence-electron chi connectivity index (χ3n) is 4.75. The molecule has 1 amide bonds. The Morgan fingerprint density at radius 2 is 2.12 bits per heavy atom. The van der Waals surface area contributed by atoms with Crippen LogP contribution in [0.2, 0.25) is 5.02 Å². The summed E-state index contributed by atoms with van der Waals surface area (Å²) < 4.78 is 0. The van der Waals surface area contributed by atoms with Gasteiger partial charge in [0.05, 0.1) is 17.3 Å². The van der Waals surface area contributed by atoms with Crippen molar-refractivity contribution in [2.75, 3.05) is 24.5 Å². The highest BCUT2D eigenvalue weighted by atomic mass is 35.5. The number of carbonyl (C=O) groups is 1. The summed E-state index contributed by atoms with van der Waals surface area (Å²) in [6, 6.07) is 9.82. The van der Waals surface area contributed by atoms with Crippen LogP contribution in [0, 0.1) is 5.92 Å². The van der Waals surface area contributed by atoms with E-state index >= 15 is 0 Å². The van der Waals surface area contributed by atoms with E-state index in [1.165, 1.54) is 5.69 Å². The molecule has 1 atom stereocenters. The first-order chi connectivity index (χ1) is 12.2. The number of fused-ring (bicyclic) bond motifs is 1. The average Bonchev–Trinajstić information content (AvgIpc) is 3.29. The lowest BCUT2D eigenvalue weighted by Crippen LogP contribution is -2.31. The van der Waals surface area contributed by atoms with E-state index in [1.54, 1.807) is 12.4 Å². The summed E-state index contributed by atoms with van der Waals surface area (Å²) in [6.07, 6.45) is 6.24. The van der Waals surface area contributed by atoms with Crippen molar-refractivity contribution in [3.8, 4) is 0 Å². The summed E-state index contributed by atoms with van der Waals surface area (Å²) in [5.41, 5.74) is 2.67. The number of amides is 1. The van der Waals surface area contributed by atoms with Crippen LogP contribution in [-0.2, 0) is 0 Å². The van der Waals surface area contributed by atoms with Crippen LogP contribution in [0.15, 0.2) is 48.9 Å². The highest BCUT2D eigenvalue weighted by molar-refractivity contribution is 6.30. The molecule has 0 bridgehead atoms. The van der Waals surface area contributed by atoms with Gasteiger partial charge in [0, 0.05) is 48.1 Å². The van der Waals surface area contributed by atoms with E-state index in [0.717, 1.165) is 35.4 Å². The molecule has 3 heterocycles. The summed E-state index contributed by atoms with van der Waals surface area (Å²) in [6.45, 7) is 2.61. The third kappa shape index (κ3) is 3.33. The fourth-order valence-corrected chi connectivity index (χ4v) is 3.50. The van der Waals surface area contributed by atoms with E-state index in [4.69, 9.17) is 11.6 Å². The van der Waals surface area contributed by atoms with Crippen LogP contribution in [0.3, 0.4) is 0 Å². The number of anilines is 1. The Morgan fingerprint density at radius 1 is 1.28 bits per heavy atom. The van der Waals surface area contributed by atoms with Gasteiger partial charge in [-0.2, -0.15) is 0 Å². The Hall–Kier alpha value is -2.53. The number of rotatable bonds is 4. The van der Waals surface area contributed by atoms with Gasteiger partial charge in [-0.3, -0.25) is 9.78 Å². The molecular formula is C19H19ClN4O. The van der Waals surface area contributed by atoms with Gasteiger partial charge in [0.15, 0.2) is 0 Å². The first-order valence-electron chi connectivity index (χ1n) is 8.40. The van der Waals surface area contributed by atoms with Crippen molar-refractivity contribution in [1.82, 2.24) is 15.3 Å². The van der Waals surface area contributed by atoms with Crippen molar-refractivity contribution < 1.29 is 4.79 Å². The lowest BCUT2D eigenvalue weighted by atomic mass is 10.1.